The van der Waals surface area contributed by atoms with Crippen LogP contribution in [0.4, 0.5) is 4.39 Å². The molecule has 0 radical (unpaired) electrons. The largest absolute Gasteiger partial charge is 0.487 e. The fraction of sp³-hybridized carbons (Fsp3) is 0.0323. The fourth-order valence-electron chi connectivity index (χ4n) is 4.67. The molecule has 7 rings (SSSR count). The van der Waals surface area contributed by atoms with Crippen LogP contribution in [-0.2, 0) is 6.61 Å². The number of benzene rings is 3. The molecule has 4 heterocycles. The summed E-state index contributed by atoms with van der Waals surface area (Å²) in [5.74, 6) is 0.909. The topological polar surface area (TPSA) is 92.4 Å². The molecule has 0 saturated heterocycles. The lowest BCUT2D eigenvalue weighted by molar-refractivity contribution is 0.305. The minimum atomic E-state index is -0.347. The third-order valence-corrected chi connectivity index (χ3v) is 6.61. The highest BCUT2D eigenvalue weighted by molar-refractivity contribution is 5.97. The van der Waals surface area contributed by atoms with Crippen LogP contribution in [0, 0.1) is 5.82 Å². The molecule has 0 unspecified atom stereocenters. The van der Waals surface area contributed by atoms with Crippen molar-refractivity contribution in [3.8, 4) is 39.7 Å². The molecule has 0 atom stereocenters. The van der Waals surface area contributed by atoms with E-state index in [1.165, 1.54) is 6.07 Å². The van der Waals surface area contributed by atoms with Crippen molar-refractivity contribution in [3.05, 3.63) is 115 Å². The van der Waals surface area contributed by atoms with Gasteiger partial charge in [-0.2, -0.15) is 5.10 Å². The van der Waals surface area contributed by atoms with Crippen molar-refractivity contribution in [2.24, 2.45) is 0 Å². The van der Waals surface area contributed by atoms with E-state index in [0.29, 0.717) is 40.6 Å². The number of imidazole rings is 1. The maximum atomic E-state index is 14.6. The van der Waals surface area contributed by atoms with Crippen LogP contribution in [0.15, 0.2) is 104 Å². The molecule has 0 aliphatic carbocycles. The van der Waals surface area contributed by atoms with Crippen molar-refractivity contribution in [3.63, 3.8) is 0 Å². The third-order valence-electron chi connectivity index (χ3n) is 6.61. The monoisotopic (exact) mass is 512 g/mol. The fourth-order valence-corrected chi connectivity index (χ4v) is 4.67. The SMILES string of the molecule is Fc1ccccc1-c1nccc2[nH]c(-c3n[nH]c4ccc(-c5cncc(OCc6ccccc6)c5)cc34)nc12. The molecule has 0 fully saturated rings. The van der Waals surface area contributed by atoms with E-state index in [0.717, 1.165) is 33.1 Å². The first-order chi connectivity index (χ1) is 19.2. The molecule has 2 N–H and O–H groups in total. The number of aromatic amines is 2. The van der Waals surface area contributed by atoms with E-state index in [2.05, 4.69) is 31.2 Å². The zero-order valence-electron chi connectivity index (χ0n) is 20.6. The van der Waals surface area contributed by atoms with Gasteiger partial charge in [0.25, 0.3) is 0 Å². The first-order valence-electron chi connectivity index (χ1n) is 12.4. The van der Waals surface area contributed by atoms with E-state index in [9.17, 15) is 4.39 Å². The minimum Gasteiger partial charge on any atom is -0.487 e. The summed E-state index contributed by atoms with van der Waals surface area (Å²) >= 11 is 0. The molecule has 0 amide bonds. The standard InChI is InChI=1S/C31H21FN6O/c32-25-9-5-4-8-23(25)28-30-27(12-13-34-28)35-31(36-30)29-24-15-20(10-11-26(24)37-38-29)21-14-22(17-33-16-21)39-18-19-6-2-1-3-7-19/h1-17H,18H2,(H,35,36)(H,37,38). The van der Waals surface area contributed by atoms with Crippen molar-refractivity contribution in [1.82, 2.24) is 30.1 Å². The van der Waals surface area contributed by atoms with Gasteiger partial charge in [0.2, 0.25) is 0 Å². The molecule has 8 heteroatoms. The van der Waals surface area contributed by atoms with Gasteiger partial charge in [-0.15, -0.1) is 0 Å². The van der Waals surface area contributed by atoms with E-state index in [-0.39, 0.29) is 5.82 Å². The number of nitrogens with one attached hydrogen (secondary N) is 2. The van der Waals surface area contributed by atoms with Gasteiger partial charge in [-0.1, -0.05) is 48.5 Å². The molecule has 7 aromatic rings. The molecule has 0 aliphatic heterocycles. The maximum Gasteiger partial charge on any atom is 0.159 e. The Morgan fingerprint density at radius 3 is 2.56 bits per heavy atom. The minimum absolute atomic E-state index is 0.347. The van der Waals surface area contributed by atoms with Crippen molar-refractivity contribution < 1.29 is 9.13 Å². The van der Waals surface area contributed by atoms with Crippen LogP contribution in [0.5, 0.6) is 5.75 Å². The Balaban J connectivity index is 1.25. The van der Waals surface area contributed by atoms with Gasteiger partial charge in [-0.25, -0.2) is 9.37 Å². The van der Waals surface area contributed by atoms with Crippen molar-refractivity contribution in [1.29, 1.82) is 0 Å². The molecule has 4 aromatic heterocycles. The number of aromatic nitrogens is 6. The second kappa shape index (κ2) is 9.50. The van der Waals surface area contributed by atoms with Gasteiger partial charge in [-0.05, 0) is 47.5 Å². The van der Waals surface area contributed by atoms with Crippen LogP contribution < -0.4 is 4.74 Å². The second-order valence-corrected chi connectivity index (χ2v) is 9.14. The Kier molecular flexibility index (Phi) is 5.55. The van der Waals surface area contributed by atoms with E-state index in [4.69, 9.17) is 9.72 Å². The summed E-state index contributed by atoms with van der Waals surface area (Å²) in [7, 11) is 0. The summed E-state index contributed by atoms with van der Waals surface area (Å²) < 4.78 is 20.5. The third kappa shape index (κ3) is 4.27. The van der Waals surface area contributed by atoms with Gasteiger partial charge in [0, 0.05) is 28.9 Å². The summed E-state index contributed by atoms with van der Waals surface area (Å²) in [6.45, 7) is 0.465. The Bertz CT molecular complexity index is 1950. The van der Waals surface area contributed by atoms with E-state index in [1.807, 2.05) is 60.8 Å². The number of nitrogens with zero attached hydrogens (tertiary/aromatic N) is 4. The zero-order chi connectivity index (χ0) is 26.2. The Morgan fingerprint density at radius 2 is 1.67 bits per heavy atom. The van der Waals surface area contributed by atoms with Crippen molar-refractivity contribution >= 4 is 21.9 Å². The second-order valence-electron chi connectivity index (χ2n) is 9.14. The quantitative estimate of drug-likeness (QED) is 0.252. The maximum absolute atomic E-state index is 14.6. The number of halogens is 1. The number of hydrogen-bond donors (Lipinski definition) is 2. The molecule has 0 bridgehead atoms. The van der Waals surface area contributed by atoms with E-state index < -0.39 is 0 Å². The van der Waals surface area contributed by atoms with Crippen LogP contribution in [0.25, 0.3) is 55.8 Å². The van der Waals surface area contributed by atoms with Gasteiger partial charge in [0.05, 0.1) is 17.2 Å². The van der Waals surface area contributed by atoms with E-state index >= 15 is 0 Å². The smallest absolute Gasteiger partial charge is 0.159 e. The summed E-state index contributed by atoms with van der Waals surface area (Å²) in [5, 5.41) is 8.52. The van der Waals surface area contributed by atoms with Gasteiger partial charge in [0.1, 0.15) is 35.1 Å². The van der Waals surface area contributed by atoms with Gasteiger partial charge < -0.3 is 9.72 Å². The van der Waals surface area contributed by atoms with Gasteiger partial charge >= 0.3 is 0 Å². The molecular weight excluding hydrogens is 491 g/mol. The first kappa shape index (κ1) is 22.8. The lowest BCUT2D eigenvalue weighted by Gasteiger charge is -2.08. The number of H-pyrrole nitrogens is 2. The molecule has 0 spiro atoms. The zero-order valence-corrected chi connectivity index (χ0v) is 20.6. The number of rotatable bonds is 6. The van der Waals surface area contributed by atoms with Crippen LogP contribution in [-0.4, -0.2) is 30.1 Å². The number of hydrogen-bond acceptors (Lipinski definition) is 5. The lowest BCUT2D eigenvalue weighted by atomic mass is 10.0. The van der Waals surface area contributed by atoms with Gasteiger partial charge in [-0.3, -0.25) is 15.1 Å². The number of fused-ring (bicyclic) bond motifs is 2. The summed E-state index contributed by atoms with van der Waals surface area (Å²) in [4.78, 5) is 16.9. The Hall–Kier alpha value is -5.37. The van der Waals surface area contributed by atoms with Gasteiger partial charge in [0.15, 0.2) is 5.82 Å². The molecule has 0 aliphatic rings. The van der Waals surface area contributed by atoms with Crippen LogP contribution in [0.1, 0.15) is 5.56 Å². The molecule has 7 nitrogen and oxygen atoms in total. The van der Waals surface area contributed by atoms with Crippen molar-refractivity contribution in [2.75, 3.05) is 0 Å². The molecule has 39 heavy (non-hydrogen) atoms. The Labute approximate surface area is 222 Å². The van der Waals surface area contributed by atoms with Crippen molar-refractivity contribution in [2.45, 2.75) is 6.61 Å². The summed E-state index contributed by atoms with van der Waals surface area (Å²) in [6, 6.07) is 26.4. The molecule has 188 valence electrons. The predicted octanol–water partition coefficient (Wildman–Crippen LogP) is 6.95. The highest BCUT2D eigenvalue weighted by Crippen LogP contribution is 2.33. The normalized spacial score (nSPS) is 11.3. The molecule has 3 aromatic carbocycles. The average molecular weight is 513 g/mol. The van der Waals surface area contributed by atoms with Crippen LogP contribution >= 0.6 is 0 Å². The predicted molar refractivity (Wildman–Crippen MR) is 148 cm³/mol. The first-order valence-corrected chi connectivity index (χ1v) is 12.4. The lowest BCUT2D eigenvalue weighted by Crippen LogP contribution is -1.95. The number of ether oxygens (including phenoxy) is 1. The van der Waals surface area contributed by atoms with E-state index in [1.54, 1.807) is 30.6 Å². The van der Waals surface area contributed by atoms with Crippen LogP contribution in [0.2, 0.25) is 0 Å². The Morgan fingerprint density at radius 1 is 0.795 bits per heavy atom. The average Bonchev–Trinajstić information content (AvgIpc) is 3.61. The highest BCUT2D eigenvalue weighted by Gasteiger charge is 2.18. The highest BCUT2D eigenvalue weighted by atomic mass is 19.1. The van der Waals surface area contributed by atoms with Crippen LogP contribution in [0.3, 0.4) is 0 Å². The molecular formula is C31H21FN6O. The number of pyridine rings is 2. The summed E-state index contributed by atoms with van der Waals surface area (Å²) in [5.41, 5.74) is 6.71. The molecule has 0 saturated carbocycles. The summed E-state index contributed by atoms with van der Waals surface area (Å²) in [6.07, 6.45) is 5.17.